The van der Waals surface area contributed by atoms with E-state index in [1.165, 1.54) is 0 Å². The Kier molecular flexibility index (Phi) is 5.00. The van der Waals surface area contributed by atoms with Gasteiger partial charge in [-0.1, -0.05) is 32.0 Å². The fourth-order valence-corrected chi connectivity index (χ4v) is 3.22. The number of aromatic nitrogens is 1. The molecule has 0 amide bonds. The van der Waals surface area contributed by atoms with Crippen LogP contribution in [0, 0.1) is 0 Å². The minimum atomic E-state index is -3.61. The topological polar surface area (TPSA) is 59.1 Å². The first-order valence-electron chi connectivity index (χ1n) is 6.67. The number of nitrogens with one attached hydrogen (secondary N) is 1. The average molecular weight is 369 g/mol. The van der Waals surface area contributed by atoms with Gasteiger partial charge in [0.15, 0.2) is 0 Å². The summed E-state index contributed by atoms with van der Waals surface area (Å²) >= 11 is 3.21. The number of rotatable bonds is 5. The van der Waals surface area contributed by atoms with Crippen molar-refractivity contribution < 1.29 is 8.42 Å². The molecule has 0 aliphatic carbocycles. The number of sulfonamides is 1. The van der Waals surface area contributed by atoms with Crippen molar-refractivity contribution in [1.29, 1.82) is 0 Å². The van der Waals surface area contributed by atoms with E-state index in [2.05, 4.69) is 39.5 Å². The van der Waals surface area contributed by atoms with Crippen molar-refractivity contribution in [1.82, 2.24) is 4.98 Å². The molecule has 0 fully saturated rings. The molecule has 112 valence electrons. The summed E-state index contributed by atoms with van der Waals surface area (Å²) in [6.07, 6.45) is 1.02. The number of benzene rings is 1. The van der Waals surface area contributed by atoms with Gasteiger partial charge in [0, 0.05) is 0 Å². The third-order valence-corrected chi connectivity index (χ3v) is 5.14. The van der Waals surface area contributed by atoms with E-state index >= 15 is 0 Å². The van der Waals surface area contributed by atoms with Gasteiger partial charge in [0.05, 0.1) is 4.90 Å². The summed E-state index contributed by atoms with van der Waals surface area (Å²) in [6, 6.07) is 12.0. The molecule has 1 aromatic heterocycles. The molecule has 1 heterocycles. The molecule has 21 heavy (non-hydrogen) atoms. The van der Waals surface area contributed by atoms with Crippen LogP contribution in [0.1, 0.15) is 31.7 Å². The number of nitrogens with zero attached hydrogens (tertiary/aromatic N) is 1. The van der Waals surface area contributed by atoms with Gasteiger partial charge in [-0.2, -0.15) is 0 Å². The van der Waals surface area contributed by atoms with Crippen molar-refractivity contribution in [2.45, 2.75) is 31.1 Å². The number of halogens is 1. The van der Waals surface area contributed by atoms with E-state index in [-0.39, 0.29) is 10.7 Å². The maximum absolute atomic E-state index is 12.3. The molecule has 1 unspecified atom stereocenters. The fourth-order valence-electron chi connectivity index (χ4n) is 1.87. The van der Waals surface area contributed by atoms with E-state index in [1.54, 1.807) is 30.3 Å². The zero-order valence-corrected chi connectivity index (χ0v) is 14.3. The molecule has 2 rings (SSSR count). The van der Waals surface area contributed by atoms with Gasteiger partial charge in [-0.3, -0.25) is 4.72 Å². The third-order valence-electron chi connectivity index (χ3n) is 3.33. The summed E-state index contributed by atoms with van der Waals surface area (Å²) in [4.78, 5) is 4.30. The molecule has 0 aliphatic heterocycles. The van der Waals surface area contributed by atoms with Crippen LogP contribution < -0.4 is 4.72 Å². The van der Waals surface area contributed by atoms with Crippen LogP contribution in [0.3, 0.4) is 0 Å². The van der Waals surface area contributed by atoms with Crippen LogP contribution in [-0.2, 0) is 10.0 Å². The standard InChI is InChI=1S/C15H17BrN2O2S/c1-3-11(2)12-7-9-13(10-8-12)21(19,20)18-15-6-4-5-14(16)17-15/h4-11H,3H2,1-2H3,(H,17,18). The lowest BCUT2D eigenvalue weighted by Gasteiger charge is -2.11. The van der Waals surface area contributed by atoms with Gasteiger partial charge in [0.1, 0.15) is 10.4 Å². The van der Waals surface area contributed by atoms with E-state index < -0.39 is 10.0 Å². The quantitative estimate of drug-likeness (QED) is 0.806. The maximum atomic E-state index is 12.3. The summed E-state index contributed by atoms with van der Waals surface area (Å²) in [7, 11) is -3.61. The third kappa shape index (κ3) is 4.04. The van der Waals surface area contributed by atoms with Gasteiger partial charge in [0.25, 0.3) is 10.0 Å². The van der Waals surface area contributed by atoms with Crippen LogP contribution in [-0.4, -0.2) is 13.4 Å². The highest BCUT2D eigenvalue weighted by molar-refractivity contribution is 9.10. The van der Waals surface area contributed by atoms with Crippen molar-refractivity contribution in [3.05, 3.63) is 52.6 Å². The van der Waals surface area contributed by atoms with Gasteiger partial charge in [-0.15, -0.1) is 0 Å². The predicted molar refractivity (Wildman–Crippen MR) is 87.9 cm³/mol. The molecular formula is C15H17BrN2O2S. The molecule has 1 atom stereocenters. The van der Waals surface area contributed by atoms with Crippen molar-refractivity contribution >= 4 is 31.8 Å². The Bertz CT molecular complexity index is 715. The van der Waals surface area contributed by atoms with Crippen LogP contribution in [0.15, 0.2) is 52.0 Å². The van der Waals surface area contributed by atoms with E-state index in [0.717, 1.165) is 12.0 Å². The molecule has 0 aliphatic rings. The Labute approximate surface area is 133 Å². The first-order chi connectivity index (χ1) is 9.92. The van der Waals surface area contributed by atoms with Gasteiger partial charge < -0.3 is 0 Å². The van der Waals surface area contributed by atoms with Crippen LogP contribution >= 0.6 is 15.9 Å². The number of pyridine rings is 1. The second-order valence-corrected chi connectivity index (χ2v) is 7.32. The Morgan fingerprint density at radius 1 is 1.19 bits per heavy atom. The smallest absolute Gasteiger partial charge is 0.263 e. The average Bonchev–Trinajstić information content (AvgIpc) is 2.46. The lowest BCUT2D eigenvalue weighted by molar-refractivity contribution is 0.601. The molecule has 2 aromatic rings. The number of hydrogen-bond acceptors (Lipinski definition) is 3. The molecule has 1 aromatic carbocycles. The van der Waals surface area contributed by atoms with Crippen LogP contribution in [0.2, 0.25) is 0 Å². The lowest BCUT2D eigenvalue weighted by Crippen LogP contribution is -2.14. The van der Waals surface area contributed by atoms with Gasteiger partial charge in [-0.05, 0) is 58.1 Å². The molecule has 0 spiro atoms. The van der Waals surface area contributed by atoms with E-state index in [0.29, 0.717) is 10.5 Å². The molecular weight excluding hydrogens is 352 g/mol. The van der Waals surface area contributed by atoms with Crippen LogP contribution in [0.4, 0.5) is 5.82 Å². The Morgan fingerprint density at radius 2 is 1.86 bits per heavy atom. The zero-order valence-electron chi connectivity index (χ0n) is 11.9. The predicted octanol–water partition coefficient (Wildman–Crippen LogP) is 4.16. The number of hydrogen-bond donors (Lipinski definition) is 1. The minimum Gasteiger partial charge on any atom is -0.263 e. The zero-order chi connectivity index (χ0) is 15.5. The highest BCUT2D eigenvalue weighted by Crippen LogP contribution is 2.22. The van der Waals surface area contributed by atoms with E-state index in [9.17, 15) is 8.42 Å². The fraction of sp³-hybridized carbons (Fsp3) is 0.267. The Morgan fingerprint density at radius 3 is 2.43 bits per heavy atom. The molecule has 6 heteroatoms. The lowest BCUT2D eigenvalue weighted by atomic mass is 9.99. The van der Waals surface area contributed by atoms with Crippen molar-refractivity contribution in [3.8, 4) is 0 Å². The van der Waals surface area contributed by atoms with Crippen LogP contribution in [0.5, 0.6) is 0 Å². The molecule has 0 saturated carbocycles. The molecule has 0 radical (unpaired) electrons. The van der Waals surface area contributed by atoms with Crippen molar-refractivity contribution in [2.24, 2.45) is 0 Å². The van der Waals surface area contributed by atoms with Gasteiger partial charge in [0.2, 0.25) is 0 Å². The Hall–Kier alpha value is -1.40. The van der Waals surface area contributed by atoms with E-state index in [4.69, 9.17) is 0 Å². The summed E-state index contributed by atoms with van der Waals surface area (Å²) in [5.74, 6) is 0.705. The summed E-state index contributed by atoms with van der Waals surface area (Å²) < 4.78 is 27.6. The Balaban J connectivity index is 2.23. The summed E-state index contributed by atoms with van der Waals surface area (Å²) in [6.45, 7) is 4.23. The van der Waals surface area contributed by atoms with Crippen LogP contribution in [0.25, 0.3) is 0 Å². The monoisotopic (exact) mass is 368 g/mol. The van der Waals surface area contributed by atoms with Crippen molar-refractivity contribution in [2.75, 3.05) is 4.72 Å². The molecule has 0 saturated heterocycles. The van der Waals surface area contributed by atoms with E-state index in [1.807, 2.05) is 12.1 Å². The SMILES string of the molecule is CCC(C)c1ccc(S(=O)(=O)Nc2cccc(Br)n2)cc1. The number of anilines is 1. The first-order valence-corrected chi connectivity index (χ1v) is 8.95. The summed E-state index contributed by atoms with van der Waals surface area (Å²) in [5, 5.41) is 0. The second kappa shape index (κ2) is 6.58. The largest absolute Gasteiger partial charge is 0.263 e. The molecule has 0 bridgehead atoms. The van der Waals surface area contributed by atoms with Gasteiger partial charge in [-0.25, -0.2) is 13.4 Å². The first kappa shape index (κ1) is 16.0. The summed E-state index contributed by atoms with van der Waals surface area (Å²) in [5.41, 5.74) is 1.14. The highest BCUT2D eigenvalue weighted by atomic mass is 79.9. The second-order valence-electron chi connectivity index (χ2n) is 4.83. The maximum Gasteiger partial charge on any atom is 0.263 e. The minimum absolute atomic E-state index is 0.233. The molecule has 4 nitrogen and oxygen atoms in total. The molecule has 1 N–H and O–H groups in total. The van der Waals surface area contributed by atoms with Crippen molar-refractivity contribution in [3.63, 3.8) is 0 Å². The van der Waals surface area contributed by atoms with Gasteiger partial charge >= 0.3 is 0 Å². The highest BCUT2D eigenvalue weighted by Gasteiger charge is 2.15. The normalized spacial score (nSPS) is 12.9.